The molecule has 4 N–H and O–H groups in total. The van der Waals surface area contributed by atoms with E-state index in [2.05, 4.69) is 11.4 Å². The second-order valence-electron chi connectivity index (χ2n) is 3.51. The first kappa shape index (κ1) is 11.0. The van der Waals surface area contributed by atoms with E-state index in [1.165, 1.54) is 0 Å². The minimum atomic E-state index is 0.0700. The maximum atomic E-state index is 8.68. The third-order valence-electron chi connectivity index (χ3n) is 2.20. The zero-order valence-electron chi connectivity index (χ0n) is 8.75. The second kappa shape index (κ2) is 4.98. The minimum Gasteiger partial charge on any atom is -0.395 e. The summed E-state index contributed by atoms with van der Waals surface area (Å²) in [5.41, 5.74) is 9.13. The number of aliphatic hydroxyl groups excluding tert-OH is 1. The SMILES string of the molecule is Cc1cc(C(C)N)ccc1NCCO. The fraction of sp³-hybridized carbons (Fsp3) is 0.455. The molecule has 0 heterocycles. The molecule has 1 unspecified atom stereocenters. The largest absolute Gasteiger partial charge is 0.395 e. The number of nitrogens with two attached hydrogens (primary N) is 1. The molecule has 3 nitrogen and oxygen atoms in total. The van der Waals surface area contributed by atoms with Crippen LogP contribution in [0.1, 0.15) is 24.1 Å². The van der Waals surface area contributed by atoms with Crippen LogP contribution >= 0.6 is 0 Å². The Labute approximate surface area is 84.9 Å². The van der Waals surface area contributed by atoms with Gasteiger partial charge in [-0.2, -0.15) is 0 Å². The summed E-state index contributed by atoms with van der Waals surface area (Å²) in [4.78, 5) is 0. The average Bonchev–Trinajstić information content (AvgIpc) is 2.15. The zero-order valence-corrected chi connectivity index (χ0v) is 8.75. The molecule has 1 aromatic carbocycles. The third-order valence-corrected chi connectivity index (χ3v) is 2.20. The maximum absolute atomic E-state index is 8.68. The molecule has 0 saturated carbocycles. The van der Waals surface area contributed by atoms with Gasteiger partial charge < -0.3 is 16.2 Å². The lowest BCUT2D eigenvalue weighted by atomic mass is 10.1. The summed E-state index contributed by atoms with van der Waals surface area (Å²) in [6, 6.07) is 6.16. The summed E-state index contributed by atoms with van der Waals surface area (Å²) in [6.07, 6.45) is 0. The summed E-state index contributed by atoms with van der Waals surface area (Å²) in [5, 5.41) is 11.8. The molecule has 14 heavy (non-hydrogen) atoms. The van der Waals surface area contributed by atoms with Crippen molar-refractivity contribution in [3.8, 4) is 0 Å². The Kier molecular flexibility index (Phi) is 3.92. The average molecular weight is 194 g/mol. The summed E-state index contributed by atoms with van der Waals surface area (Å²) in [6.45, 7) is 4.73. The first-order chi connectivity index (χ1) is 6.65. The Morgan fingerprint density at radius 3 is 2.71 bits per heavy atom. The first-order valence-electron chi connectivity index (χ1n) is 4.86. The molecule has 0 aliphatic carbocycles. The Morgan fingerprint density at radius 2 is 2.21 bits per heavy atom. The van der Waals surface area contributed by atoms with Gasteiger partial charge in [0.1, 0.15) is 0 Å². The lowest BCUT2D eigenvalue weighted by molar-refractivity contribution is 0.311. The molecule has 0 amide bonds. The van der Waals surface area contributed by atoms with Gasteiger partial charge in [0.15, 0.2) is 0 Å². The van der Waals surface area contributed by atoms with Crippen molar-refractivity contribution in [1.82, 2.24) is 0 Å². The molecule has 0 radical (unpaired) electrons. The van der Waals surface area contributed by atoms with Gasteiger partial charge >= 0.3 is 0 Å². The summed E-state index contributed by atoms with van der Waals surface area (Å²) < 4.78 is 0. The lowest BCUT2D eigenvalue weighted by Gasteiger charge is -2.11. The van der Waals surface area contributed by atoms with E-state index in [0.717, 1.165) is 16.8 Å². The molecule has 78 valence electrons. The number of hydrogen-bond acceptors (Lipinski definition) is 3. The Hall–Kier alpha value is -1.06. The van der Waals surface area contributed by atoms with Crippen LogP contribution in [0.3, 0.4) is 0 Å². The minimum absolute atomic E-state index is 0.0700. The van der Waals surface area contributed by atoms with Crippen molar-refractivity contribution < 1.29 is 5.11 Å². The quantitative estimate of drug-likeness (QED) is 0.679. The van der Waals surface area contributed by atoms with Gasteiger partial charge in [-0.05, 0) is 31.0 Å². The molecule has 0 spiro atoms. The predicted molar refractivity (Wildman–Crippen MR) is 59.4 cm³/mol. The lowest BCUT2D eigenvalue weighted by Crippen LogP contribution is -2.08. The number of hydrogen-bond donors (Lipinski definition) is 3. The number of aryl methyl sites for hydroxylation is 1. The van der Waals surface area contributed by atoms with Crippen molar-refractivity contribution in [3.63, 3.8) is 0 Å². The van der Waals surface area contributed by atoms with Crippen LogP contribution in [0.4, 0.5) is 5.69 Å². The maximum Gasteiger partial charge on any atom is 0.0604 e. The monoisotopic (exact) mass is 194 g/mol. The highest BCUT2D eigenvalue weighted by Crippen LogP contribution is 2.19. The van der Waals surface area contributed by atoms with Gasteiger partial charge in [-0.1, -0.05) is 12.1 Å². The molecular weight excluding hydrogens is 176 g/mol. The van der Waals surface area contributed by atoms with E-state index in [0.29, 0.717) is 6.54 Å². The van der Waals surface area contributed by atoms with E-state index in [1.807, 2.05) is 26.0 Å². The van der Waals surface area contributed by atoms with Crippen LogP contribution in [0, 0.1) is 6.92 Å². The fourth-order valence-corrected chi connectivity index (χ4v) is 1.36. The van der Waals surface area contributed by atoms with E-state index >= 15 is 0 Å². The highest BCUT2D eigenvalue weighted by molar-refractivity contribution is 5.52. The van der Waals surface area contributed by atoms with Crippen LogP contribution in [0.15, 0.2) is 18.2 Å². The fourth-order valence-electron chi connectivity index (χ4n) is 1.36. The normalized spacial score (nSPS) is 12.6. The van der Waals surface area contributed by atoms with Crippen molar-refractivity contribution in [2.45, 2.75) is 19.9 Å². The van der Waals surface area contributed by atoms with E-state index in [-0.39, 0.29) is 12.6 Å². The Bertz CT molecular complexity index is 297. The van der Waals surface area contributed by atoms with E-state index < -0.39 is 0 Å². The van der Waals surface area contributed by atoms with Crippen LogP contribution < -0.4 is 11.1 Å². The van der Waals surface area contributed by atoms with Crippen molar-refractivity contribution >= 4 is 5.69 Å². The number of anilines is 1. The van der Waals surface area contributed by atoms with Crippen LogP contribution in [-0.4, -0.2) is 18.3 Å². The molecule has 1 rings (SSSR count). The molecule has 0 aliphatic heterocycles. The number of nitrogens with one attached hydrogen (secondary N) is 1. The molecule has 0 aliphatic rings. The molecule has 1 atom stereocenters. The van der Waals surface area contributed by atoms with Gasteiger partial charge in [0.25, 0.3) is 0 Å². The molecular formula is C11H18N2O. The topological polar surface area (TPSA) is 58.3 Å². The van der Waals surface area contributed by atoms with Gasteiger partial charge in [0.05, 0.1) is 6.61 Å². The van der Waals surface area contributed by atoms with E-state index in [1.54, 1.807) is 0 Å². The molecule has 0 saturated heterocycles. The molecule has 0 bridgehead atoms. The molecule has 1 aromatic rings. The smallest absolute Gasteiger partial charge is 0.0604 e. The van der Waals surface area contributed by atoms with Crippen LogP contribution in [0.2, 0.25) is 0 Å². The Morgan fingerprint density at radius 1 is 1.50 bits per heavy atom. The van der Waals surface area contributed by atoms with Gasteiger partial charge in [-0.25, -0.2) is 0 Å². The third kappa shape index (κ3) is 2.72. The summed E-state index contributed by atoms with van der Waals surface area (Å²) in [5.74, 6) is 0. The van der Waals surface area contributed by atoms with E-state index in [9.17, 15) is 0 Å². The van der Waals surface area contributed by atoms with Crippen molar-refractivity contribution in [1.29, 1.82) is 0 Å². The highest BCUT2D eigenvalue weighted by Gasteiger charge is 2.02. The summed E-state index contributed by atoms with van der Waals surface area (Å²) in [7, 11) is 0. The van der Waals surface area contributed by atoms with Crippen LogP contribution in [0.5, 0.6) is 0 Å². The van der Waals surface area contributed by atoms with Crippen molar-refractivity contribution in [3.05, 3.63) is 29.3 Å². The second-order valence-corrected chi connectivity index (χ2v) is 3.51. The van der Waals surface area contributed by atoms with Gasteiger partial charge in [0.2, 0.25) is 0 Å². The highest BCUT2D eigenvalue weighted by atomic mass is 16.3. The zero-order chi connectivity index (χ0) is 10.6. The molecule has 0 aromatic heterocycles. The van der Waals surface area contributed by atoms with Crippen LogP contribution in [0.25, 0.3) is 0 Å². The number of benzene rings is 1. The molecule has 0 fully saturated rings. The van der Waals surface area contributed by atoms with Crippen molar-refractivity contribution in [2.75, 3.05) is 18.5 Å². The standard InChI is InChI=1S/C11H18N2O/c1-8-7-10(9(2)12)3-4-11(8)13-5-6-14/h3-4,7,9,13-14H,5-6,12H2,1-2H3. The van der Waals surface area contributed by atoms with Crippen LogP contribution in [-0.2, 0) is 0 Å². The summed E-state index contributed by atoms with van der Waals surface area (Å²) >= 11 is 0. The van der Waals surface area contributed by atoms with Crippen molar-refractivity contribution in [2.24, 2.45) is 5.73 Å². The van der Waals surface area contributed by atoms with Gasteiger partial charge in [-0.3, -0.25) is 0 Å². The van der Waals surface area contributed by atoms with Gasteiger partial charge in [0, 0.05) is 18.3 Å². The predicted octanol–water partition coefficient (Wildman–Crippen LogP) is 1.42. The first-order valence-corrected chi connectivity index (χ1v) is 4.86. The number of rotatable bonds is 4. The van der Waals surface area contributed by atoms with Gasteiger partial charge in [-0.15, -0.1) is 0 Å². The number of aliphatic hydroxyl groups is 1. The van der Waals surface area contributed by atoms with E-state index in [4.69, 9.17) is 10.8 Å². The Balaban J connectivity index is 2.79. The molecule has 3 heteroatoms.